The lowest BCUT2D eigenvalue weighted by molar-refractivity contribution is -0.178. The number of amides is 1. The fraction of sp³-hybridized carbons (Fsp3) is 0.818. The number of carboxylic acid groups (broad SMARTS) is 1. The lowest BCUT2D eigenvalue weighted by Crippen LogP contribution is -2.51. The molecule has 0 radical (unpaired) electrons. The SMILES string of the molecule is CC(C)(C)OC(=O)N1[C@@H](C(=O)O)CC[C@@H]1C(F)(F)F. The number of hydrogen-bond acceptors (Lipinski definition) is 3. The smallest absolute Gasteiger partial charge is 0.411 e. The third kappa shape index (κ3) is 3.74. The summed E-state index contributed by atoms with van der Waals surface area (Å²) in [4.78, 5) is 23.0. The van der Waals surface area contributed by atoms with Crippen molar-refractivity contribution in [2.45, 2.75) is 57.5 Å². The number of halogens is 3. The van der Waals surface area contributed by atoms with Crippen LogP contribution in [0.5, 0.6) is 0 Å². The van der Waals surface area contributed by atoms with E-state index in [-0.39, 0.29) is 11.3 Å². The quantitative estimate of drug-likeness (QED) is 0.802. The van der Waals surface area contributed by atoms with Crippen molar-refractivity contribution in [3.63, 3.8) is 0 Å². The highest BCUT2D eigenvalue weighted by molar-refractivity contribution is 5.81. The topological polar surface area (TPSA) is 66.8 Å². The van der Waals surface area contributed by atoms with Crippen LogP contribution in [0.25, 0.3) is 0 Å². The van der Waals surface area contributed by atoms with Gasteiger partial charge in [0.2, 0.25) is 0 Å². The zero-order valence-electron chi connectivity index (χ0n) is 10.8. The average molecular weight is 283 g/mol. The Bertz CT molecular complexity index is 375. The average Bonchev–Trinajstić information content (AvgIpc) is 2.57. The van der Waals surface area contributed by atoms with Crippen LogP contribution in [0.3, 0.4) is 0 Å². The fourth-order valence-electron chi connectivity index (χ4n) is 1.94. The largest absolute Gasteiger partial charge is 0.480 e. The molecule has 2 atom stereocenters. The highest BCUT2D eigenvalue weighted by Gasteiger charge is 2.54. The van der Waals surface area contributed by atoms with Gasteiger partial charge in [-0.15, -0.1) is 0 Å². The first kappa shape index (κ1) is 15.6. The van der Waals surface area contributed by atoms with E-state index in [1.807, 2.05) is 0 Å². The van der Waals surface area contributed by atoms with Crippen LogP contribution in [0.1, 0.15) is 33.6 Å². The van der Waals surface area contributed by atoms with Crippen LogP contribution in [-0.4, -0.2) is 45.9 Å². The molecule has 1 saturated heterocycles. The molecule has 5 nitrogen and oxygen atoms in total. The van der Waals surface area contributed by atoms with Crippen molar-refractivity contribution in [3.05, 3.63) is 0 Å². The predicted molar refractivity (Wildman–Crippen MR) is 58.6 cm³/mol. The second-order valence-corrected chi connectivity index (χ2v) is 5.38. The predicted octanol–water partition coefficient (Wildman–Crippen LogP) is 2.40. The molecule has 1 aliphatic heterocycles. The van der Waals surface area contributed by atoms with Crippen LogP contribution in [-0.2, 0) is 9.53 Å². The molecule has 1 aliphatic rings. The van der Waals surface area contributed by atoms with E-state index in [9.17, 15) is 22.8 Å². The molecule has 0 aromatic heterocycles. The van der Waals surface area contributed by atoms with E-state index in [4.69, 9.17) is 9.84 Å². The first-order chi connectivity index (χ1) is 8.43. The minimum Gasteiger partial charge on any atom is -0.480 e. The third-order valence-electron chi connectivity index (χ3n) is 2.65. The fourth-order valence-corrected chi connectivity index (χ4v) is 1.94. The number of ether oxygens (including phenoxy) is 1. The maximum atomic E-state index is 12.8. The summed E-state index contributed by atoms with van der Waals surface area (Å²) in [5.74, 6) is -1.46. The number of aliphatic carboxylic acids is 1. The van der Waals surface area contributed by atoms with Gasteiger partial charge in [-0.1, -0.05) is 0 Å². The van der Waals surface area contributed by atoms with E-state index in [2.05, 4.69) is 0 Å². The summed E-state index contributed by atoms with van der Waals surface area (Å²) in [5, 5.41) is 8.90. The summed E-state index contributed by atoms with van der Waals surface area (Å²) in [6.07, 6.45) is -6.58. The Morgan fingerprint density at radius 1 is 1.21 bits per heavy atom. The monoisotopic (exact) mass is 283 g/mol. The van der Waals surface area contributed by atoms with Gasteiger partial charge in [-0.2, -0.15) is 13.2 Å². The number of rotatable bonds is 1. The van der Waals surface area contributed by atoms with E-state index in [1.54, 1.807) is 0 Å². The summed E-state index contributed by atoms with van der Waals surface area (Å²) in [6, 6.07) is -3.61. The van der Waals surface area contributed by atoms with E-state index >= 15 is 0 Å². The summed E-state index contributed by atoms with van der Waals surface area (Å²) in [7, 11) is 0. The summed E-state index contributed by atoms with van der Waals surface area (Å²) < 4.78 is 43.2. The number of likely N-dealkylation sites (tertiary alicyclic amines) is 1. The van der Waals surface area contributed by atoms with Crippen molar-refractivity contribution in [2.75, 3.05) is 0 Å². The summed E-state index contributed by atoms with van der Waals surface area (Å²) in [6.45, 7) is 4.50. The van der Waals surface area contributed by atoms with Gasteiger partial charge in [-0.25, -0.2) is 9.59 Å². The Kier molecular flexibility index (Phi) is 4.02. The molecule has 8 heteroatoms. The van der Waals surface area contributed by atoms with Gasteiger partial charge >= 0.3 is 18.2 Å². The van der Waals surface area contributed by atoms with E-state index in [0.29, 0.717) is 0 Å². The lowest BCUT2D eigenvalue weighted by atomic mass is 10.2. The molecule has 1 N–H and O–H groups in total. The molecule has 110 valence electrons. The van der Waals surface area contributed by atoms with Gasteiger partial charge < -0.3 is 9.84 Å². The van der Waals surface area contributed by atoms with Crippen LogP contribution in [0, 0.1) is 0 Å². The minimum atomic E-state index is -4.67. The van der Waals surface area contributed by atoms with Gasteiger partial charge in [0.25, 0.3) is 0 Å². The van der Waals surface area contributed by atoms with E-state index < -0.39 is 42.3 Å². The molecule has 0 unspecified atom stereocenters. The second kappa shape index (κ2) is 4.90. The van der Waals surface area contributed by atoms with Crippen LogP contribution in [0.2, 0.25) is 0 Å². The Hall–Kier alpha value is -1.47. The van der Waals surface area contributed by atoms with Crippen molar-refractivity contribution in [1.29, 1.82) is 0 Å². The highest BCUT2D eigenvalue weighted by atomic mass is 19.4. The zero-order valence-corrected chi connectivity index (χ0v) is 10.8. The van der Waals surface area contributed by atoms with Crippen LogP contribution < -0.4 is 0 Å². The molecule has 0 spiro atoms. The van der Waals surface area contributed by atoms with Gasteiger partial charge in [0, 0.05) is 0 Å². The van der Waals surface area contributed by atoms with Gasteiger partial charge in [-0.3, -0.25) is 4.90 Å². The van der Waals surface area contributed by atoms with E-state index in [0.717, 1.165) is 0 Å². The van der Waals surface area contributed by atoms with Gasteiger partial charge in [0.05, 0.1) is 0 Å². The number of nitrogens with zero attached hydrogens (tertiary/aromatic N) is 1. The van der Waals surface area contributed by atoms with Crippen molar-refractivity contribution >= 4 is 12.1 Å². The van der Waals surface area contributed by atoms with E-state index in [1.165, 1.54) is 20.8 Å². The second-order valence-electron chi connectivity index (χ2n) is 5.38. The van der Waals surface area contributed by atoms with Crippen molar-refractivity contribution in [3.8, 4) is 0 Å². The number of alkyl halides is 3. The van der Waals surface area contributed by atoms with Gasteiger partial charge in [0.1, 0.15) is 17.7 Å². The summed E-state index contributed by atoms with van der Waals surface area (Å²) in [5.41, 5.74) is -0.987. The molecule has 1 fully saturated rings. The highest BCUT2D eigenvalue weighted by Crippen LogP contribution is 2.36. The number of carbonyl (C=O) groups excluding carboxylic acids is 1. The Morgan fingerprint density at radius 2 is 1.74 bits per heavy atom. The first-order valence-corrected chi connectivity index (χ1v) is 5.74. The maximum absolute atomic E-state index is 12.8. The number of hydrogen-bond donors (Lipinski definition) is 1. The Morgan fingerprint density at radius 3 is 2.11 bits per heavy atom. The Balaban J connectivity index is 2.99. The number of carbonyl (C=O) groups is 2. The molecule has 0 aromatic rings. The third-order valence-corrected chi connectivity index (χ3v) is 2.65. The van der Waals surface area contributed by atoms with Gasteiger partial charge in [-0.05, 0) is 33.6 Å². The van der Waals surface area contributed by atoms with Crippen LogP contribution in [0.15, 0.2) is 0 Å². The Labute approximate surface area is 108 Å². The number of carboxylic acids is 1. The van der Waals surface area contributed by atoms with Crippen LogP contribution >= 0.6 is 0 Å². The molecule has 0 aromatic carbocycles. The molecular weight excluding hydrogens is 267 g/mol. The molecular formula is C11H16F3NO4. The molecule has 0 saturated carbocycles. The first-order valence-electron chi connectivity index (χ1n) is 5.74. The zero-order chi connectivity index (χ0) is 15.0. The van der Waals surface area contributed by atoms with Crippen molar-refractivity contribution in [2.24, 2.45) is 0 Å². The minimum absolute atomic E-state index is 0.237. The lowest BCUT2D eigenvalue weighted by Gasteiger charge is -2.31. The summed E-state index contributed by atoms with van der Waals surface area (Å²) >= 11 is 0. The maximum Gasteiger partial charge on any atom is 0.411 e. The molecule has 1 rings (SSSR count). The van der Waals surface area contributed by atoms with Crippen LogP contribution in [0.4, 0.5) is 18.0 Å². The van der Waals surface area contributed by atoms with Gasteiger partial charge in [0.15, 0.2) is 0 Å². The van der Waals surface area contributed by atoms with Crippen molar-refractivity contribution in [1.82, 2.24) is 4.90 Å². The normalized spacial score (nSPS) is 24.4. The molecule has 19 heavy (non-hydrogen) atoms. The molecule has 1 amide bonds. The standard InChI is InChI=1S/C11H16F3NO4/c1-10(2,3)19-9(18)15-6(8(16)17)4-5-7(15)11(12,13)14/h6-7H,4-5H2,1-3H3,(H,16,17)/t6-,7-/m1/s1. The van der Waals surface area contributed by atoms with Crippen molar-refractivity contribution < 1.29 is 32.6 Å². The molecule has 0 bridgehead atoms. The molecule has 0 aliphatic carbocycles. The molecule has 1 heterocycles.